The molecule has 0 amide bonds. The van der Waals surface area contributed by atoms with Crippen LogP contribution in [0.5, 0.6) is 0 Å². The monoisotopic (exact) mass is 410 g/mol. The van der Waals surface area contributed by atoms with Crippen LogP contribution in [0.2, 0.25) is 0 Å². The molecule has 0 atom stereocenters. The van der Waals surface area contributed by atoms with Gasteiger partial charge in [0.25, 0.3) is 0 Å². The summed E-state index contributed by atoms with van der Waals surface area (Å²) >= 11 is 0. The van der Waals surface area contributed by atoms with Crippen molar-refractivity contribution in [1.82, 2.24) is 0 Å². The fraction of sp³-hybridized carbons (Fsp3) is 0.333. The van der Waals surface area contributed by atoms with Gasteiger partial charge in [0.15, 0.2) is 0 Å². The maximum Gasteiger partial charge on any atom is 0.0713 e. The smallest absolute Gasteiger partial charge is 0.0713 e. The number of ether oxygens (including phenoxy) is 1. The summed E-state index contributed by atoms with van der Waals surface area (Å²) in [6.07, 6.45) is 9.96. The predicted molar refractivity (Wildman–Crippen MR) is 132 cm³/mol. The minimum absolute atomic E-state index is 0.659. The van der Waals surface area contributed by atoms with E-state index in [-0.39, 0.29) is 0 Å². The normalized spacial score (nSPS) is 18.6. The van der Waals surface area contributed by atoms with Crippen LogP contribution in [0.3, 0.4) is 0 Å². The van der Waals surface area contributed by atoms with Gasteiger partial charge < -0.3 is 4.74 Å². The summed E-state index contributed by atoms with van der Waals surface area (Å²) in [6.45, 7) is 4.52. The molecule has 31 heavy (non-hydrogen) atoms. The van der Waals surface area contributed by atoms with E-state index < -0.39 is 0 Å². The summed E-state index contributed by atoms with van der Waals surface area (Å²) in [7, 11) is 1.73. The molecular weight excluding hydrogens is 376 g/mol. The molecule has 3 aromatic rings. The van der Waals surface area contributed by atoms with E-state index in [1.54, 1.807) is 7.11 Å². The molecule has 1 nitrogen and oxygen atoms in total. The molecule has 1 aliphatic carbocycles. The van der Waals surface area contributed by atoms with Crippen molar-refractivity contribution in [3.63, 3.8) is 0 Å². The van der Waals surface area contributed by atoms with E-state index in [1.165, 1.54) is 71.9 Å². The Balaban J connectivity index is 1.38. The van der Waals surface area contributed by atoms with Gasteiger partial charge in [-0.2, -0.15) is 0 Å². The van der Waals surface area contributed by atoms with Crippen molar-refractivity contribution < 1.29 is 4.74 Å². The largest absolute Gasteiger partial charge is 0.380 e. The third kappa shape index (κ3) is 5.54. The van der Waals surface area contributed by atoms with Crippen LogP contribution in [0.15, 0.2) is 85.5 Å². The Bertz CT molecular complexity index is 943. The van der Waals surface area contributed by atoms with Gasteiger partial charge in [0.05, 0.1) is 6.61 Å². The molecule has 1 aliphatic rings. The van der Waals surface area contributed by atoms with Crippen LogP contribution in [0.1, 0.15) is 55.6 Å². The second-order valence-electron chi connectivity index (χ2n) is 8.91. The number of allylic oxidation sites excluding steroid dienone is 1. The molecule has 0 aromatic heterocycles. The summed E-state index contributed by atoms with van der Waals surface area (Å²) in [6, 6.07) is 26.8. The van der Waals surface area contributed by atoms with E-state index >= 15 is 0 Å². The number of methoxy groups -OCH3 is 1. The highest BCUT2D eigenvalue weighted by Gasteiger charge is 2.21. The first kappa shape index (κ1) is 21.6. The Morgan fingerprint density at radius 1 is 0.742 bits per heavy atom. The first-order chi connectivity index (χ1) is 15.3. The standard InChI is InChI=1S/C30H34O/c1-3-4-5-23-6-10-25(11-7-23)27-14-18-29(19-15-27)30-20-16-28(17-21-30)26-12-8-24(9-13-26)22-31-2/h3,8-9,12-21,23,25H,1,4-7,10-11,22H2,2H3/t23-,25-. The quantitative estimate of drug-likeness (QED) is 0.339. The minimum Gasteiger partial charge on any atom is -0.380 e. The van der Waals surface area contributed by atoms with Crippen molar-refractivity contribution in [3.8, 4) is 22.3 Å². The van der Waals surface area contributed by atoms with E-state index in [9.17, 15) is 0 Å². The average molecular weight is 411 g/mol. The first-order valence-corrected chi connectivity index (χ1v) is 11.7. The van der Waals surface area contributed by atoms with Gasteiger partial charge in [-0.25, -0.2) is 0 Å². The Kier molecular flexibility index (Phi) is 7.38. The van der Waals surface area contributed by atoms with E-state index in [2.05, 4.69) is 85.5 Å². The highest BCUT2D eigenvalue weighted by atomic mass is 16.5. The Hall–Kier alpha value is -2.64. The van der Waals surface area contributed by atoms with Crippen molar-refractivity contribution in [2.75, 3.05) is 7.11 Å². The molecular formula is C30H34O. The average Bonchev–Trinajstić information content (AvgIpc) is 2.84. The highest BCUT2D eigenvalue weighted by Crippen LogP contribution is 2.38. The molecule has 0 heterocycles. The van der Waals surface area contributed by atoms with Crippen molar-refractivity contribution in [2.45, 2.75) is 51.0 Å². The van der Waals surface area contributed by atoms with E-state index in [0.717, 1.165) is 11.8 Å². The van der Waals surface area contributed by atoms with Gasteiger partial charge in [-0.15, -0.1) is 6.58 Å². The summed E-state index contributed by atoms with van der Waals surface area (Å²) in [5.74, 6) is 1.64. The summed E-state index contributed by atoms with van der Waals surface area (Å²) in [4.78, 5) is 0. The Morgan fingerprint density at radius 3 is 1.71 bits per heavy atom. The van der Waals surface area contributed by atoms with Crippen LogP contribution >= 0.6 is 0 Å². The zero-order valence-electron chi connectivity index (χ0n) is 18.7. The SMILES string of the molecule is C=CCC[C@H]1CC[C@H](c2ccc(-c3ccc(-c4ccc(COC)cc4)cc3)cc2)CC1. The van der Waals surface area contributed by atoms with Crippen molar-refractivity contribution in [3.05, 3.63) is 96.6 Å². The van der Waals surface area contributed by atoms with Crippen LogP contribution in [-0.4, -0.2) is 7.11 Å². The maximum absolute atomic E-state index is 5.20. The van der Waals surface area contributed by atoms with Crippen LogP contribution in [-0.2, 0) is 11.3 Å². The molecule has 0 bridgehead atoms. The van der Waals surface area contributed by atoms with Gasteiger partial charge in [-0.05, 0) is 83.7 Å². The molecule has 0 saturated heterocycles. The lowest BCUT2D eigenvalue weighted by Gasteiger charge is -2.28. The number of benzene rings is 3. The third-order valence-corrected chi connectivity index (χ3v) is 6.82. The maximum atomic E-state index is 5.20. The zero-order valence-corrected chi connectivity index (χ0v) is 18.7. The number of hydrogen-bond donors (Lipinski definition) is 0. The van der Waals surface area contributed by atoms with Crippen LogP contribution < -0.4 is 0 Å². The van der Waals surface area contributed by atoms with Gasteiger partial charge in [0.2, 0.25) is 0 Å². The van der Waals surface area contributed by atoms with Crippen molar-refractivity contribution in [2.24, 2.45) is 5.92 Å². The molecule has 1 fully saturated rings. The molecule has 1 heteroatoms. The lowest BCUT2D eigenvalue weighted by atomic mass is 9.77. The Labute approximate surface area is 187 Å². The molecule has 1 saturated carbocycles. The van der Waals surface area contributed by atoms with Gasteiger partial charge in [-0.3, -0.25) is 0 Å². The van der Waals surface area contributed by atoms with Crippen LogP contribution in [0, 0.1) is 5.92 Å². The summed E-state index contributed by atoms with van der Waals surface area (Å²) in [5.41, 5.74) is 7.78. The van der Waals surface area contributed by atoms with Gasteiger partial charge >= 0.3 is 0 Å². The second kappa shape index (κ2) is 10.6. The topological polar surface area (TPSA) is 9.23 Å². The molecule has 0 spiro atoms. The fourth-order valence-corrected chi connectivity index (χ4v) is 4.90. The molecule has 0 N–H and O–H groups in total. The molecule has 0 radical (unpaired) electrons. The fourth-order valence-electron chi connectivity index (χ4n) is 4.90. The number of rotatable bonds is 8. The van der Waals surface area contributed by atoms with Gasteiger partial charge in [0, 0.05) is 7.11 Å². The van der Waals surface area contributed by atoms with Gasteiger partial charge in [0.1, 0.15) is 0 Å². The Morgan fingerprint density at radius 2 is 1.23 bits per heavy atom. The summed E-state index contributed by atoms with van der Waals surface area (Å²) < 4.78 is 5.20. The lowest BCUT2D eigenvalue weighted by Crippen LogP contribution is -2.13. The van der Waals surface area contributed by atoms with Gasteiger partial charge in [-0.1, -0.05) is 78.9 Å². The van der Waals surface area contributed by atoms with E-state index in [1.807, 2.05) is 0 Å². The van der Waals surface area contributed by atoms with Crippen LogP contribution in [0.25, 0.3) is 22.3 Å². The minimum atomic E-state index is 0.659. The first-order valence-electron chi connectivity index (χ1n) is 11.7. The number of hydrogen-bond acceptors (Lipinski definition) is 1. The van der Waals surface area contributed by atoms with E-state index in [0.29, 0.717) is 6.61 Å². The summed E-state index contributed by atoms with van der Waals surface area (Å²) in [5, 5.41) is 0. The zero-order chi connectivity index (χ0) is 21.5. The van der Waals surface area contributed by atoms with Crippen molar-refractivity contribution in [1.29, 1.82) is 0 Å². The highest BCUT2D eigenvalue weighted by molar-refractivity contribution is 5.70. The molecule has 160 valence electrons. The van der Waals surface area contributed by atoms with Crippen molar-refractivity contribution >= 4 is 0 Å². The molecule has 4 rings (SSSR count). The molecule has 0 unspecified atom stereocenters. The molecule has 3 aromatic carbocycles. The van der Waals surface area contributed by atoms with E-state index in [4.69, 9.17) is 4.74 Å². The second-order valence-corrected chi connectivity index (χ2v) is 8.91. The third-order valence-electron chi connectivity index (χ3n) is 6.82. The van der Waals surface area contributed by atoms with Crippen LogP contribution in [0.4, 0.5) is 0 Å². The predicted octanol–water partition coefficient (Wildman–Crippen LogP) is 8.41. The lowest BCUT2D eigenvalue weighted by molar-refractivity contribution is 0.185. The molecule has 0 aliphatic heterocycles.